The largest absolute Gasteiger partial charge is 0.506 e. The maximum absolute atomic E-state index is 12.9. The van der Waals surface area contributed by atoms with Crippen LogP contribution in [0.25, 0.3) is 17.0 Å². The van der Waals surface area contributed by atoms with Crippen LogP contribution in [0.2, 0.25) is 0 Å². The maximum Gasteiger partial charge on any atom is 0.416 e. The van der Waals surface area contributed by atoms with Gasteiger partial charge in [-0.15, -0.1) is 0 Å². The van der Waals surface area contributed by atoms with E-state index in [9.17, 15) is 33.3 Å². The Labute approximate surface area is 185 Å². The number of phenolic OH excluding ortho intramolecular Hbond substituents is 3. The zero-order valence-corrected chi connectivity index (χ0v) is 16.9. The Morgan fingerprint density at radius 2 is 1.61 bits per heavy atom. The highest BCUT2D eigenvalue weighted by molar-refractivity contribution is 6.14. The molecular formula is C25H17F3O5. The van der Waals surface area contributed by atoms with Crippen LogP contribution in [-0.2, 0) is 12.6 Å². The minimum atomic E-state index is -4.42. The molecule has 0 bridgehead atoms. The first kappa shape index (κ1) is 22.0. The van der Waals surface area contributed by atoms with Crippen LogP contribution >= 0.6 is 0 Å². The quantitative estimate of drug-likeness (QED) is 0.148. The van der Waals surface area contributed by atoms with E-state index in [2.05, 4.69) is 0 Å². The molecule has 0 atom stereocenters. The molecule has 1 aromatic heterocycles. The molecule has 3 N–H and O–H groups in total. The number of furan rings is 1. The van der Waals surface area contributed by atoms with Crippen molar-refractivity contribution in [1.82, 2.24) is 0 Å². The molecule has 0 unspecified atom stereocenters. The summed E-state index contributed by atoms with van der Waals surface area (Å²) in [5.74, 6) is -2.75. The first-order valence-corrected chi connectivity index (χ1v) is 9.76. The molecule has 0 aliphatic carbocycles. The number of benzene rings is 3. The molecule has 0 spiro atoms. The lowest BCUT2D eigenvalue weighted by Gasteiger charge is -2.09. The third-order valence-electron chi connectivity index (χ3n) is 5.12. The third-order valence-corrected chi connectivity index (χ3v) is 5.12. The molecule has 8 heteroatoms. The number of rotatable bonds is 5. The average molecular weight is 454 g/mol. The second kappa shape index (κ2) is 8.38. The number of hydrogen-bond donors (Lipinski definition) is 3. The highest BCUT2D eigenvalue weighted by atomic mass is 19.4. The van der Waals surface area contributed by atoms with Crippen molar-refractivity contribution in [2.75, 3.05) is 0 Å². The van der Waals surface area contributed by atoms with Gasteiger partial charge in [0.05, 0.1) is 17.2 Å². The molecule has 4 rings (SSSR count). The topological polar surface area (TPSA) is 90.9 Å². The SMILES string of the molecule is O=C(/C=C/c1cccc(Cc2cccc(C(F)(F)F)c2)c1)c1c(O)c(O)c2occc2c1O. The van der Waals surface area contributed by atoms with Gasteiger partial charge in [-0.2, -0.15) is 13.2 Å². The Hall–Kier alpha value is -4.20. The van der Waals surface area contributed by atoms with Crippen molar-refractivity contribution < 1.29 is 37.7 Å². The molecule has 3 aromatic carbocycles. The van der Waals surface area contributed by atoms with Gasteiger partial charge in [-0.3, -0.25) is 4.79 Å². The van der Waals surface area contributed by atoms with E-state index in [1.807, 2.05) is 0 Å². The van der Waals surface area contributed by atoms with Crippen molar-refractivity contribution in [3.05, 3.63) is 94.8 Å². The number of ketones is 1. The van der Waals surface area contributed by atoms with Crippen molar-refractivity contribution in [3.63, 3.8) is 0 Å². The Balaban J connectivity index is 1.58. The normalized spacial score (nSPS) is 12.0. The van der Waals surface area contributed by atoms with Crippen molar-refractivity contribution >= 4 is 22.8 Å². The fraction of sp³-hybridized carbons (Fsp3) is 0.0800. The number of allylic oxidation sites excluding steroid dienone is 1. The van der Waals surface area contributed by atoms with E-state index in [4.69, 9.17) is 4.42 Å². The highest BCUT2D eigenvalue weighted by Crippen LogP contribution is 2.44. The second-order valence-corrected chi connectivity index (χ2v) is 7.40. The molecule has 0 saturated heterocycles. The van der Waals surface area contributed by atoms with Crippen LogP contribution in [0, 0.1) is 0 Å². The molecule has 0 radical (unpaired) electrons. The van der Waals surface area contributed by atoms with Crippen LogP contribution in [-0.4, -0.2) is 21.1 Å². The van der Waals surface area contributed by atoms with Crippen molar-refractivity contribution in [2.45, 2.75) is 12.6 Å². The van der Waals surface area contributed by atoms with Crippen molar-refractivity contribution in [3.8, 4) is 17.2 Å². The van der Waals surface area contributed by atoms with E-state index in [1.54, 1.807) is 30.3 Å². The summed E-state index contributed by atoms with van der Waals surface area (Å²) in [4.78, 5) is 12.6. The summed E-state index contributed by atoms with van der Waals surface area (Å²) in [6, 6.07) is 13.3. The predicted molar refractivity (Wildman–Crippen MR) is 115 cm³/mol. The molecule has 0 amide bonds. The molecule has 33 heavy (non-hydrogen) atoms. The predicted octanol–water partition coefficient (Wildman–Crippen LogP) is 6.06. The van der Waals surface area contributed by atoms with E-state index < -0.39 is 40.3 Å². The number of aromatic hydroxyl groups is 3. The van der Waals surface area contributed by atoms with Gasteiger partial charge in [0.1, 0.15) is 11.3 Å². The fourth-order valence-corrected chi connectivity index (χ4v) is 3.54. The number of carbonyl (C=O) groups excluding carboxylic acids is 1. The van der Waals surface area contributed by atoms with Crippen LogP contribution in [0.4, 0.5) is 13.2 Å². The van der Waals surface area contributed by atoms with Gasteiger partial charge < -0.3 is 19.7 Å². The van der Waals surface area contributed by atoms with Crippen LogP contribution < -0.4 is 0 Å². The first-order valence-electron chi connectivity index (χ1n) is 9.76. The van der Waals surface area contributed by atoms with Gasteiger partial charge in [-0.05, 0) is 41.3 Å². The molecule has 5 nitrogen and oxygen atoms in total. The summed E-state index contributed by atoms with van der Waals surface area (Å²) >= 11 is 0. The lowest BCUT2D eigenvalue weighted by atomic mass is 10.00. The van der Waals surface area contributed by atoms with Crippen molar-refractivity contribution in [1.29, 1.82) is 0 Å². The van der Waals surface area contributed by atoms with E-state index >= 15 is 0 Å². The molecule has 4 aromatic rings. The lowest BCUT2D eigenvalue weighted by Crippen LogP contribution is -2.05. The van der Waals surface area contributed by atoms with Crippen molar-refractivity contribution in [2.24, 2.45) is 0 Å². The monoisotopic (exact) mass is 454 g/mol. The molecule has 1 heterocycles. The Bertz CT molecular complexity index is 1380. The fourth-order valence-electron chi connectivity index (χ4n) is 3.54. The van der Waals surface area contributed by atoms with E-state index in [-0.39, 0.29) is 17.4 Å². The Kier molecular flexibility index (Phi) is 5.59. The van der Waals surface area contributed by atoms with Gasteiger partial charge in [-0.25, -0.2) is 0 Å². The summed E-state index contributed by atoms with van der Waals surface area (Å²) in [7, 11) is 0. The smallest absolute Gasteiger partial charge is 0.416 e. The van der Waals surface area contributed by atoms with Gasteiger partial charge >= 0.3 is 6.18 Å². The summed E-state index contributed by atoms with van der Waals surface area (Å²) < 4.78 is 43.8. The molecular weight excluding hydrogens is 437 g/mol. The standard InChI is InChI=1S/C25H17F3O5/c26-25(27,28)17-6-2-5-16(13-17)12-15-4-1-3-14(11-15)7-8-19(29)20-21(30)18-9-10-33-24(18)23(32)22(20)31/h1-11,13,30-32H,12H2/b8-7+. The number of phenols is 3. The molecule has 0 fully saturated rings. The summed E-state index contributed by atoms with van der Waals surface area (Å²) in [6.07, 6.45) is -0.418. The molecule has 0 aliphatic heterocycles. The summed E-state index contributed by atoms with van der Waals surface area (Å²) in [5, 5.41) is 30.6. The number of fused-ring (bicyclic) bond motifs is 1. The molecule has 0 saturated carbocycles. The summed E-state index contributed by atoms with van der Waals surface area (Å²) in [6.45, 7) is 0. The molecule has 168 valence electrons. The first-order chi connectivity index (χ1) is 15.6. The zero-order valence-electron chi connectivity index (χ0n) is 16.9. The minimum Gasteiger partial charge on any atom is -0.506 e. The van der Waals surface area contributed by atoms with Crippen LogP contribution in [0.3, 0.4) is 0 Å². The minimum absolute atomic E-state index is 0.0742. The molecule has 0 aliphatic rings. The van der Waals surface area contributed by atoms with Gasteiger partial charge in [0.15, 0.2) is 17.1 Å². The van der Waals surface area contributed by atoms with E-state index in [0.717, 1.165) is 23.8 Å². The van der Waals surface area contributed by atoms with Crippen LogP contribution in [0.1, 0.15) is 32.6 Å². The highest BCUT2D eigenvalue weighted by Gasteiger charge is 2.30. The van der Waals surface area contributed by atoms with Crippen LogP contribution in [0.5, 0.6) is 17.2 Å². The second-order valence-electron chi connectivity index (χ2n) is 7.40. The lowest BCUT2D eigenvalue weighted by molar-refractivity contribution is -0.137. The number of carbonyl (C=O) groups is 1. The average Bonchev–Trinajstić information content (AvgIpc) is 3.27. The van der Waals surface area contributed by atoms with Gasteiger partial charge in [0, 0.05) is 0 Å². The van der Waals surface area contributed by atoms with E-state index in [0.29, 0.717) is 11.1 Å². The summed E-state index contributed by atoms with van der Waals surface area (Å²) in [5.41, 5.74) is 0.456. The Morgan fingerprint density at radius 3 is 2.33 bits per heavy atom. The third kappa shape index (κ3) is 4.41. The number of halogens is 3. The van der Waals surface area contributed by atoms with Gasteiger partial charge in [0.2, 0.25) is 5.75 Å². The van der Waals surface area contributed by atoms with Gasteiger partial charge in [-0.1, -0.05) is 48.5 Å². The number of hydrogen-bond acceptors (Lipinski definition) is 5. The van der Waals surface area contributed by atoms with Gasteiger partial charge in [0.25, 0.3) is 0 Å². The van der Waals surface area contributed by atoms with E-state index in [1.165, 1.54) is 24.5 Å². The number of alkyl halides is 3. The van der Waals surface area contributed by atoms with Crippen LogP contribution in [0.15, 0.2) is 71.4 Å². The maximum atomic E-state index is 12.9. The zero-order chi connectivity index (χ0) is 23.8. The Morgan fingerprint density at radius 1 is 0.909 bits per heavy atom.